The summed E-state index contributed by atoms with van der Waals surface area (Å²) in [5, 5.41) is 12.0. The molecule has 226 valence electrons. The minimum Gasteiger partial charge on any atom is -0.465 e. The fourth-order valence-corrected chi connectivity index (χ4v) is 4.45. The van der Waals surface area contributed by atoms with Gasteiger partial charge in [-0.1, -0.05) is 31.5 Å². The predicted octanol–water partition coefficient (Wildman–Crippen LogP) is 3.75. The third-order valence-electron chi connectivity index (χ3n) is 6.41. The van der Waals surface area contributed by atoms with Crippen molar-refractivity contribution >= 4 is 46.2 Å². The Labute approximate surface area is 247 Å². The van der Waals surface area contributed by atoms with Crippen LogP contribution < -0.4 is 10.9 Å². The predicted molar refractivity (Wildman–Crippen MR) is 157 cm³/mol. The molecule has 0 spiro atoms. The summed E-state index contributed by atoms with van der Waals surface area (Å²) in [7, 11) is 4.55. The van der Waals surface area contributed by atoms with E-state index >= 15 is 0 Å². The number of likely N-dealkylation sites (N-methyl/N-ethyl adjacent to an activating group) is 1. The molecule has 3 N–H and O–H groups in total. The normalized spacial score (nSPS) is 12.2. The molecule has 0 aliphatic heterocycles. The van der Waals surface area contributed by atoms with Crippen molar-refractivity contribution in [2.45, 2.75) is 39.7 Å². The van der Waals surface area contributed by atoms with Crippen LogP contribution in [0, 0.1) is 17.7 Å². The fourth-order valence-electron chi connectivity index (χ4n) is 4.23. The zero-order valence-corrected chi connectivity index (χ0v) is 24.9. The van der Waals surface area contributed by atoms with Crippen molar-refractivity contribution in [1.29, 1.82) is 0 Å². The number of nitrogens with zero attached hydrogens (tertiary/aromatic N) is 5. The van der Waals surface area contributed by atoms with Gasteiger partial charge in [0.05, 0.1) is 34.9 Å². The van der Waals surface area contributed by atoms with Gasteiger partial charge in [-0.3, -0.25) is 19.4 Å². The van der Waals surface area contributed by atoms with E-state index in [-0.39, 0.29) is 47.6 Å². The van der Waals surface area contributed by atoms with Gasteiger partial charge in [0.15, 0.2) is 5.82 Å². The molecule has 0 unspecified atom stereocenters. The van der Waals surface area contributed by atoms with Gasteiger partial charge in [0.25, 0.3) is 5.56 Å². The second-order valence-electron chi connectivity index (χ2n) is 10.6. The maximum Gasteiger partial charge on any atom is 0.407 e. The summed E-state index contributed by atoms with van der Waals surface area (Å²) in [5.41, 5.74) is 0.527. The molecule has 3 aromatic heterocycles. The quantitative estimate of drug-likeness (QED) is 0.266. The number of allylic oxidation sites excluding steroid dienone is 1. The summed E-state index contributed by atoms with van der Waals surface area (Å²) in [6, 6.07) is 1.30. The summed E-state index contributed by atoms with van der Waals surface area (Å²) >= 11 is 6.28. The van der Waals surface area contributed by atoms with E-state index in [1.165, 1.54) is 34.9 Å². The number of rotatable bonds is 12. The highest BCUT2D eigenvalue weighted by molar-refractivity contribution is 6.30. The van der Waals surface area contributed by atoms with Crippen LogP contribution in [0.5, 0.6) is 0 Å². The molecule has 0 radical (unpaired) electrons. The number of hydrogen-bond donors (Lipinski definition) is 3. The average molecular weight is 604 g/mol. The second kappa shape index (κ2) is 14.1. The molecular formula is C28H35ClFN7O5. The molecule has 3 heterocycles. The van der Waals surface area contributed by atoms with Crippen molar-refractivity contribution in [2.24, 2.45) is 11.8 Å². The van der Waals surface area contributed by atoms with Gasteiger partial charge >= 0.3 is 6.09 Å². The van der Waals surface area contributed by atoms with Crippen LogP contribution in [-0.4, -0.2) is 80.0 Å². The standard InChI is InChI=1S/C28H35ClFN7O5/c1-16(2)10-20-25-24(19(30)12-31-20)33-22(34-25)15-37-14-18(29)11-21(27(37)40)32-26(39)17(13-36(5)28(41)42)8-6-7-9-23(38)35(3)4/h7,9,11-12,14,16-17H,6,8,10,13,15H2,1-5H3,(H,32,39)(H,33,34)(H,41,42)/b9-7+/t17-/m0/s1. The number of carbonyl (C=O) groups is 3. The number of aromatic nitrogens is 4. The summed E-state index contributed by atoms with van der Waals surface area (Å²) in [6.07, 6.45) is 5.40. The first-order valence-corrected chi connectivity index (χ1v) is 13.7. The lowest BCUT2D eigenvalue weighted by atomic mass is 10.0. The van der Waals surface area contributed by atoms with Gasteiger partial charge in [-0.25, -0.2) is 14.2 Å². The number of hydrogen-bond acceptors (Lipinski definition) is 6. The second-order valence-corrected chi connectivity index (χ2v) is 11.1. The number of imidazole rings is 1. The van der Waals surface area contributed by atoms with E-state index in [0.29, 0.717) is 29.9 Å². The monoisotopic (exact) mass is 603 g/mol. The lowest BCUT2D eigenvalue weighted by molar-refractivity contribution is -0.123. The third-order valence-corrected chi connectivity index (χ3v) is 6.61. The van der Waals surface area contributed by atoms with Gasteiger partial charge in [-0.2, -0.15) is 0 Å². The smallest absolute Gasteiger partial charge is 0.407 e. The molecule has 3 aromatic rings. The maximum absolute atomic E-state index is 14.5. The van der Waals surface area contributed by atoms with Gasteiger partial charge in [0.1, 0.15) is 17.0 Å². The van der Waals surface area contributed by atoms with Crippen molar-refractivity contribution < 1.29 is 23.9 Å². The van der Waals surface area contributed by atoms with E-state index in [1.807, 2.05) is 13.8 Å². The maximum atomic E-state index is 14.5. The number of carboxylic acid groups (broad SMARTS) is 1. The van der Waals surface area contributed by atoms with E-state index < -0.39 is 29.3 Å². The lowest BCUT2D eigenvalue weighted by Crippen LogP contribution is -2.37. The van der Waals surface area contributed by atoms with Crippen LogP contribution in [0.25, 0.3) is 11.0 Å². The molecule has 3 amide bonds. The number of pyridine rings is 2. The highest BCUT2D eigenvalue weighted by Gasteiger charge is 2.24. The zero-order chi connectivity index (χ0) is 31.1. The molecule has 0 aliphatic carbocycles. The molecule has 0 aromatic carbocycles. The van der Waals surface area contributed by atoms with Gasteiger partial charge in [-0.15, -0.1) is 0 Å². The first kappa shape index (κ1) is 32.3. The molecule has 42 heavy (non-hydrogen) atoms. The Bertz CT molecular complexity index is 1550. The van der Waals surface area contributed by atoms with E-state index in [0.717, 1.165) is 11.1 Å². The Morgan fingerprint density at radius 1 is 1.26 bits per heavy atom. The molecule has 0 saturated carbocycles. The van der Waals surface area contributed by atoms with Crippen LogP contribution in [0.3, 0.4) is 0 Å². The summed E-state index contributed by atoms with van der Waals surface area (Å²) < 4.78 is 15.7. The van der Waals surface area contributed by atoms with Crippen LogP contribution in [0.4, 0.5) is 14.9 Å². The SMILES string of the molecule is CC(C)Cc1ncc(F)c2nc(Cn3cc(Cl)cc(NC(=O)[C@@H](CC/C=C/C(=O)N(C)C)CN(C)C(=O)O)c3=O)[nH]c12. The molecule has 0 saturated heterocycles. The molecular weight excluding hydrogens is 569 g/mol. The van der Waals surface area contributed by atoms with Gasteiger partial charge in [-0.05, 0) is 37.3 Å². The average Bonchev–Trinajstić information content (AvgIpc) is 3.34. The first-order chi connectivity index (χ1) is 19.8. The molecule has 0 bridgehead atoms. The Balaban J connectivity index is 1.85. The van der Waals surface area contributed by atoms with Crippen LogP contribution in [0.1, 0.15) is 38.2 Å². The zero-order valence-electron chi connectivity index (χ0n) is 24.1. The Kier molecular flexibility index (Phi) is 10.8. The van der Waals surface area contributed by atoms with Crippen LogP contribution in [-0.2, 0) is 22.6 Å². The third kappa shape index (κ3) is 8.38. The van der Waals surface area contributed by atoms with Crippen molar-refractivity contribution in [1.82, 2.24) is 29.3 Å². The topological polar surface area (TPSA) is 154 Å². The fraction of sp³-hybridized carbons (Fsp3) is 0.429. The highest BCUT2D eigenvalue weighted by atomic mass is 35.5. The van der Waals surface area contributed by atoms with E-state index in [4.69, 9.17) is 11.6 Å². The first-order valence-electron chi connectivity index (χ1n) is 13.3. The number of nitrogens with one attached hydrogen (secondary N) is 2. The molecule has 3 rings (SSSR count). The summed E-state index contributed by atoms with van der Waals surface area (Å²) in [6.45, 7) is 3.81. The van der Waals surface area contributed by atoms with Gasteiger partial charge in [0, 0.05) is 33.9 Å². The number of H-pyrrole nitrogens is 1. The van der Waals surface area contributed by atoms with Crippen molar-refractivity contribution in [3.05, 3.63) is 63.3 Å². The highest BCUT2D eigenvalue weighted by Crippen LogP contribution is 2.21. The summed E-state index contributed by atoms with van der Waals surface area (Å²) in [4.78, 5) is 63.7. The van der Waals surface area contributed by atoms with Crippen LogP contribution in [0.15, 0.2) is 35.4 Å². The number of amides is 3. The Morgan fingerprint density at radius 2 is 1.98 bits per heavy atom. The van der Waals surface area contributed by atoms with E-state index in [1.54, 1.807) is 20.2 Å². The largest absolute Gasteiger partial charge is 0.465 e. The number of anilines is 1. The van der Waals surface area contributed by atoms with Crippen LogP contribution in [0.2, 0.25) is 5.02 Å². The van der Waals surface area contributed by atoms with E-state index in [2.05, 4.69) is 20.3 Å². The molecule has 1 atom stereocenters. The summed E-state index contributed by atoms with van der Waals surface area (Å²) in [5.74, 6) is -1.67. The van der Waals surface area contributed by atoms with E-state index in [9.17, 15) is 28.7 Å². The number of aromatic amines is 1. The molecule has 12 nitrogen and oxygen atoms in total. The van der Waals surface area contributed by atoms with Crippen molar-refractivity contribution in [2.75, 3.05) is 33.0 Å². The lowest BCUT2D eigenvalue weighted by Gasteiger charge is -2.21. The van der Waals surface area contributed by atoms with Gasteiger partial charge < -0.3 is 29.8 Å². The molecule has 0 aliphatic rings. The van der Waals surface area contributed by atoms with Crippen molar-refractivity contribution in [3.63, 3.8) is 0 Å². The number of halogens is 2. The minimum absolute atomic E-state index is 0.0899. The van der Waals surface area contributed by atoms with Crippen molar-refractivity contribution in [3.8, 4) is 0 Å². The van der Waals surface area contributed by atoms with Crippen LogP contribution >= 0.6 is 11.6 Å². The Hall–Kier alpha value is -4.26. The number of fused-ring (bicyclic) bond motifs is 1. The molecule has 14 heteroatoms. The molecule has 0 fully saturated rings. The number of carbonyl (C=O) groups excluding carboxylic acids is 2. The van der Waals surface area contributed by atoms with Gasteiger partial charge in [0.2, 0.25) is 11.8 Å². The Morgan fingerprint density at radius 3 is 2.62 bits per heavy atom. The minimum atomic E-state index is -1.22.